The van der Waals surface area contributed by atoms with Gasteiger partial charge in [-0.1, -0.05) is 52.6 Å². The van der Waals surface area contributed by atoms with Crippen LogP contribution in [0.4, 0.5) is 0 Å². The van der Waals surface area contributed by atoms with Crippen molar-refractivity contribution in [3.63, 3.8) is 0 Å². The van der Waals surface area contributed by atoms with E-state index in [-0.39, 0.29) is 29.7 Å². The average Bonchev–Trinajstić information content (AvgIpc) is 3.12. The van der Waals surface area contributed by atoms with Crippen LogP contribution < -0.4 is 0 Å². The second kappa shape index (κ2) is 7.40. The maximum Gasteiger partial charge on any atom is 0.235 e. The molecule has 0 unspecified atom stereocenters. The number of aromatic nitrogens is 1. The van der Waals surface area contributed by atoms with Crippen LogP contribution in [0.25, 0.3) is 21.8 Å². The summed E-state index contributed by atoms with van der Waals surface area (Å²) in [5.41, 5.74) is 1.10. The van der Waals surface area contributed by atoms with Crippen molar-refractivity contribution in [1.82, 2.24) is 9.47 Å². The zero-order valence-electron chi connectivity index (χ0n) is 18.4. The Morgan fingerprint density at radius 2 is 1.56 bits per heavy atom. The number of benzene rings is 2. The van der Waals surface area contributed by atoms with Gasteiger partial charge in [0.05, 0.1) is 24.6 Å². The molecule has 1 aliphatic carbocycles. The number of halogens is 2. The van der Waals surface area contributed by atoms with E-state index in [2.05, 4.69) is 48.6 Å². The van der Waals surface area contributed by atoms with Gasteiger partial charge in [0, 0.05) is 36.7 Å². The Balaban J connectivity index is 1.48. The third-order valence-electron chi connectivity index (χ3n) is 8.08. The number of aliphatic hydroxyl groups excluding tert-OH is 1. The lowest BCUT2D eigenvalue weighted by molar-refractivity contribution is -0.169. The molecule has 2 heterocycles. The number of piperidine rings is 1. The van der Waals surface area contributed by atoms with Crippen LogP contribution in [-0.2, 0) is 16.1 Å². The predicted molar refractivity (Wildman–Crippen MR) is 132 cm³/mol. The van der Waals surface area contributed by atoms with Crippen LogP contribution in [0.3, 0.4) is 0 Å². The summed E-state index contributed by atoms with van der Waals surface area (Å²) in [5, 5.41) is 13.2. The number of β-amino-alcohol motifs (C(OH)–C–C–N with tert-alkyl or cyclic N) is 1. The molecular formula is C25H26Br2N2O3. The first-order valence-corrected chi connectivity index (χ1v) is 12.5. The zero-order valence-corrected chi connectivity index (χ0v) is 21.5. The van der Waals surface area contributed by atoms with E-state index < -0.39 is 11.5 Å². The molecule has 32 heavy (non-hydrogen) atoms. The number of imide groups is 1. The van der Waals surface area contributed by atoms with E-state index in [9.17, 15) is 14.7 Å². The standard InChI is InChI=1S/C25H26Br2N2O3/c1-24(2)19-8-9-25(24,3)23(32)29(22(19)31)13-16(30)12-28-20-6-4-14(26)10-17(20)18-11-15(27)5-7-21(18)28/h4-7,10-11,16,19,30H,8-9,12-13H2,1-3H3/t16-,19-,25-/m0/s1. The molecule has 2 amide bonds. The van der Waals surface area contributed by atoms with E-state index in [1.54, 1.807) is 0 Å². The number of nitrogens with zero attached hydrogens (tertiary/aromatic N) is 2. The van der Waals surface area contributed by atoms with Crippen LogP contribution in [-0.4, -0.2) is 39.0 Å². The number of carbonyl (C=O) groups excluding carboxylic acids is 2. The third-order valence-corrected chi connectivity index (χ3v) is 9.07. The van der Waals surface area contributed by atoms with Crippen LogP contribution in [0, 0.1) is 16.7 Å². The minimum Gasteiger partial charge on any atom is -0.389 e. The molecule has 1 saturated heterocycles. The van der Waals surface area contributed by atoms with Crippen LogP contribution in [0.5, 0.6) is 0 Å². The molecule has 1 N–H and O–H groups in total. The first-order valence-electron chi connectivity index (χ1n) is 11.0. The van der Waals surface area contributed by atoms with Gasteiger partial charge in [-0.15, -0.1) is 0 Å². The predicted octanol–water partition coefficient (Wildman–Crippen LogP) is 5.49. The summed E-state index contributed by atoms with van der Waals surface area (Å²) < 4.78 is 4.05. The summed E-state index contributed by atoms with van der Waals surface area (Å²) in [6.45, 7) is 6.36. The largest absolute Gasteiger partial charge is 0.389 e. The minimum absolute atomic E-state index is 0.0219. The van der Waals surface area contributed by atoms with E-state index in [0.717, 1.165) is 43.6 Å². The highest BCUT2D eigenvalue weighted by Gasteiger charge is 2.64. The Bertz CT molecular complexity index is 1220. The monoisotopic (exact) mass is 560 g/mol. The third kappa shape index (κ3) is 3.04. The van der Waals surface area contributed by atoms with Crippen molar-refractivity contribution in [2.75, 3.05) is 6.54 Å². The van der Waals surface area contributed by atoms with Crippen molar-refractivity contribution in [3.05, 3.63) is 45.3 Å². The van der Waals surface area contributed by atoms with Crippen molar-refractivity contribution >= 4 is 65.5 Å². The highest BCUT2D eigenvalue weighted by molar-refractivity contribution is 9.10. The first kappa shape index (κ1) is 22.1. The summed E-state index contributed by atoms with van der Waals surface area (Å²) in [6.07, 6.45) is 0.591. The number of carbonyl (C=O) groups is 2. The number of hydrogen-bond donors (Lipinski definition) is 1. The van der Waals surface area contributed by atoms with Crippen molar-refractivity contribution in [2.45, 2.75) is 46.3 Å². The summed E-state index contributed by atoms with van der Waals surface area (Å²) in [5.74, 6) is -0.445. The fourth-order valence-corrected chi connectivity index (χ4v) is 6.52. The molecule has 1 aliphatic heterocycles. The summed E-state index contributed by atoms with van der Waals surface area (Å²) >= 11 is 7.11. The molecular weight excluding hydrogens is 536 g/mol. The summed E-state index contributed by atoms with van der Waals surface area (Å²) in [6, 6.07) is 12.2. The molecule has 3 atom stereocenters. The van der Waals surface area contributed by atoms with Crippen molar-refractivity contribution < 1.29 is 14.7 Å². The van der Waals surface area contributed by atoms with Crippen molar-refractivity contribution in [3.8, 4) is 0 Å². The second-order valence-corrected chi connectivity index (χ2v) is 11.8. The van der Waals surface area contributed by atoms with Gasteiger partial charge in [-0.05, 0) is 54.7 Å². The van der Waals surface area contributed by atoms with Gasteiger partial charge in [0.2, 0.25) is 11.8 Å². The van der Waals surface area contributed by atoms with Crippen LogP contribution in [0.15, 0.2) is 45.3 Å². The molecule has 168 valence electrons. The quantitative estimate of drug-likeness (QED) is 0.428. The van der Waals surface area contributed by atoms with E-state index in [1.165, 1.54) is 4.90 Å². The van der Waals surface area contributed by atoms with Gasteiger partial charge < -0.3 is 9.67 Å². The molecule has 2 aromatic carbocycles. The van der Waals surface area contributed by atoms with Crippen LogP contribution in [0.1, 0.15) is 33.6 Å². The van der Waals surface area contributed by atoms with E-state index in [1.807, 2.05) is 45.0 Å². The second-order valence-electron chi connectivity index (χ2n) is 9.99. The molecule has 2 bridgehead atoms. The van der Waals surface area contributed by atoms with Crippen LogP contribution >= 0.6 is 31.9 Å². The lowest BCUT2D eigenvalue weighted by atomic mass is 9.62. The maximum absolute atomic E-state index is 13.3. The van der Waals surface area contributed by atoms with E-state index in [0.29, 0.717) is 6.54 Å². The molecule has 0 radical (unpaired) electrons. The molecule has 1 saturated carbocycles. The molecule has 2 aliphatic rings. The number of likely N-dealkylation sites (tertiary alicyclic amines) is 1. The normalized spacial score (nSPS) is 25.8. The summed E-state index contributed by atoms with van der Waals surface area (Å²) in [7, 11) is 0. The highest BCUT2D eigenvalue weighted by atomic mass is 79.9. The van der Waals surface area contributed by atoms with Crippen LogP contribution in [0.2, 0.25) is 0 Å². The maximum atomic E-state index is 13.3. The Hall–Kier alpha value is -1.70. The molecule has 5 rings (SSSR count). The van der Waals surface area contributed by atoms with Gasteiger partial charge in [-0.2, -0.15) is 0 Å². The molecule has 5 nitrogen and oxygen atoms in total. The zero-order chi connectivity index (χ0) is 23.0. The molecule has 0 spiro atoms. The van der Waals surface area contributed by atoms with Gasteiger partial charge in [-0.25, -0.2) is 0 Å². The Morgan fingerprint density at radius 1 is 1.00 bits per heavy atom. The SMILES string of the molecule is CC1(C)[C@H]2CC[C@@]1(C)C(=O)N(C[C@@H](O)Cn1c3ccc(Br)cc3c3cc(Br)ccc31)C2=O. The van der Waals surface area contributed by atoms with Gasteiger partial charge in [0.15, 0.2) is 0 Å². The first-order chi connectivity index (χ1) is 15.0. The van der Waals surface area contributed by atoms with E-state index in [4.69, 9.17) is 0 Å². The topological polar surface area (TPSA) is 62.5 Å². The minimum atomic E-state index is -0.863. The Kier molecular flexibility index (Phi) is 5.12. The molecule has 3 aromatic rings. The molecule has 7 heteroatoms. The smallest absolute Gasteiger partial charge is 0.235 e. The number of aliphatic hydroxyl groups is 1. The lowest BCUT2D eigenvalue weighted by Gasteiger charge is -2.48. The van der Waals surface area contributed by atoms with Crippen molar-refractivity contribution in [1.29, 1.82) is 0 Å². The van der Waals surface area contributed by atoms with Crippen molar-refractivity contribution in [2.24, 2.45) is 16.7 Å². The number of rotatable bonds is 4. The Labute approximate surface area is 204 Å². The molecule has 1 aromatic heterocycles. The van der Waals surface area contributed by atoms with Gasteiger partial charge >= 0.3 is 0 Å². The fraction of sp³-hybridized carbons (Fsp3) is 0.440. The van der Waals surface area contributed by atoms with Gasteiger partial charge in [-0.3, -0.25) is 14.5 Å². The van der Waals surface area contributed by atoms with Gasteiger partial charge in [0.25, 0.3) is 0 Å². The Morgan fingerprint density at radius 3 is 2.12 bits per heavy atom. The number of fused-ring (bicyclic) bond motifs is 5. The number of amides is 2. The van der Waals surface area contributed by atoms with E-state index >= 15 is 0 Å². The van der Waals surface area contributed by atoms with Gasteiger partial charge in [0.1, 0.15) is 0 Å². The number of hydrogen-bond acceptors (Lipinski definition) is 3. The highest BCUT2D eigenvalue weighted by Crippen LogP contribution is 2.60. The summed E-state index contributed by atoms with van der Waals surface area (Å²) in [4.78, 5) is 27.8. The molecule has 2 fully saturated rings. The lowest BCUT2D eigenvalue weighted by Crippen LogP contribution is -2.60. The average molecular weight is 562 g/mol. The fourth-order valence-electron chi connectivity index (χ4n) is 5.80.